The number of nitrogens with one attached hydrogen (secondary N) is 1. The predicted molar refractivity (Wildman–Crippen MR) is 81.9 cm³/mol. The fourth-order valence-corrected chi connectivity index (χ4v) is 2.87. The van der Waals surface area contributed by atoms with Crippen LogP contribution in [0.25, 0.3) is 0 Å². The number of hydrogen-bond acceptors (Lipinski definition) is 2. The lowest BCUT2D eigenvalue weighted by Crippen LogP contribution is -2.16. The maximum Gasteiger partial charge on any atom is 0.159 e. The highest BCUT2D eigenvalue weighted by molar-refractivity contribution is 9.10. The van der Waals surface area contributed by atoms with E-state index in [-0.39, 0.29) is 0 Å². The molecule has 0 unspecified atom stereocenters. The minimum absolute atomic E-state index is 0.472. The van der Waals surface area contributed by atoms with Crippen molar-refractivity contribution >= 4 is 15.9 Å². The van der Waals surface area contributed by atoms with E-state index in [1.54, 1.807) is 6.07 Å². The summed E-state index contributed by atoms with van der Waals surface area (Å²) in [4.78, 5) is 0. The van der Waals surface area contributed by atoms with Gasteiger partial charge in [-0.25, -0.2) is 8.78 Å². The Kier molecular flexibility index (Phi) is 5.47. The number of rotatable bonds is 6. The minimum atomic E-state index is -0.821. The number of halogens is 3. The Bertz CT molecular complexity index is 626. The van der Waals surface area contributed by atoms with Gasteiger partial charge in [0.15, 0.2) is 11.6 Å². The Hall–Kier alpha value is -1.27. The molecule has 0 radical (unpaired) electrons. The van der Waals surface area contributed by atoms with Gasteiger partial charge in [-0.05, 0) is 47.0 Å². The molecule has 0 aliphatic carbocycles. The third-order valence-electron chi connectivity index (χ3n) is 3.30. The van der Waals surface area contributed by atoms with Crippen LogP contribution in [0.3, 0.4) is 0 Å². The van der Waals surface area contributed by atoms with Crippen molar-refractivity contribution in [3.63, 3.8) is 0 Å². The summed E-state index contributed by atoms with van der Waals surface area (Å²) in [5.74, 6) is -1.64. The lowest BCUT2D eigenvalue weighted by molar-refractivity contribution is 0.505. The molecule has 6 heteroatoms. The first kappa shape index (κ1) is 16.1. The molecule has 1 heterocycles. The van der Waals surface area contributed by atoms with Crippen LogP contribution in [0.15, 0.2) is 22.7 Å². The highest BCUT2D eigenvalue weighted by atomic mass is 79.9. The summed E-state index contributed by atoms with van der Waals surface area (Å²) in [5, 5.41) is 7.76. The maximum atomic E-state index is 13.1. The molecular formula is C15H18BrF2N3. The van der Waals surface area contributed by atoms with Gasteiger partial charge in [0.25, 0.3) is 0 Å². The molecule has 0 amide bonds. The van der Waals surface area contributed by atoms with E-state index in [2.05, 4.69) is 33.3 Å². The molecule has 0 saturated heterocycles. The number of nitrogens with zero attached hydrogens (tertiary/aromatic N) is 2. The Morgan fingerprint density at radius 3 is 2.57 bits per heavy atom. The van der Waals surface area contributed by atoms with Gasteiger partial charge < -0.3 is 5.32 Å². The SMILES string of the molecule is CCc1nn(CC)c(CNCc2ccc(F)c(F)c2)c1Br. The molecular weight excluding hydrogens is 340 g/mol. The fraction of sp³-hybridized carbons (Fsp3) is 0.400. The zero-order valence-corrected chi connectivity index (χ0v) is 13.7. The predicted octanol–water partition coefficient (Wildman–Crippen LogP) is 3.80. The maximum absolute atomic E-state index is 13.1. The van der Waals surface area contributed by atoms with E-state index in [0.29, 0.717) is 18.7 Å². The van der Waals surface area contributed by atoms with Gasteiger partial charge in [-0.15, -0.1) is 0 Å². The summed E-state index contributed by atoms with van der Waals surface area (Å²) in [6.07, 6.45) is 0.865. The molecule has 1 aromatic heterocycles. The van der Waals surface area contributed by atoms with E-state index in [9.17, 15) is 8.78 Å². The normalized spacial score (nSPS) is 11.1. The fourth-order valence-electron chi connectivity index (χ4n) is 2.16. The summed E-state index contributed by atoms with van der Waals surface area (Å²) in [6, 6.07) is 3.94. The summed E-state index contributed by atoms with van der Waals surface area (Å²) >= 11 is 3.58. The van der Waals surface area contributed by atoms with Gasteiger partial charge in [0.2, 0.25) is 0 Å². The lowest BCUT2D eigenvalue weighted by Gasteiger charge is -2.08. The average Bonchev–Trinajstić information content (AvgIpc) is 2.79. The number of aromatic nitrogens is 2. The van der Waals surface area contributed by atoms with Crippen LogP contribution in [-0.2, 0) is 26.1 Å². The molecule has 0 atom stereocenters. The summed E-state index contributed by atoms with van der Waals surface area (Å²) in [7, 11) is 0. The van der Waals surface area contributed by atoms with Gasteiger partial charge in [0.1, 0.15) is 0 Å². The molecule has 2 rings (SSSR count). The first-order chi connectivity index (χ1) is 10.1. The van der Waals surface area contributed by atoms with E-state index in [1.165, 1.54) is 6.07 Å². The van der Waals surface area contributed by atoms with E-state index in [1.807, 2.05) is 11.6 Å². The van der Waals surface area contributed by atoms with Gasteiger partial charge in [-0.2, -0.15) is 5.10 Å². The zero-order valence-electron chi connectivity index (χ0n) is 12.1. The smallest absolute Gasteiger partial charge is 0.159 e. The first-order valence-corrected chi connectivity index (χ1v) is 7.74. The van der Waals surface area contributed by atoms with Crippen LogP contribution in [0.4, 0.5) is 8.78 Å². The number of benzene rings is 1. The Balaban J connectivity index is 2.03. The monoisotopic (exact) mass is 357 g/mol. The Morgan fingerprint density at radius 2 is 1.95 bits per heavy atom. The first-order valence-electron chi connectivity index (χ1n) is 6.95. The highest BCUT2D eigenvalue weighted by Gasteiger charge is 2.13. The quantitative estimate of drug-likeness (QED) is 0.852. The third-order valence-corrected chi connectivity index (χ3v) is 4.22. The molecule has 21 heavy (non-hydrogen) atoms. The van der Waals surface area contributed by atoms with Crippen molar-refractivity contribution in [3.05, 3.63) is 51.3 Å². The van der Waals surface area contributed by atoms with Crippen molar-refractivity contribution < 1.29 is 8.78 Å². The molecule has 0 fully saturated rings. The lowest BCUT2D eigenvalue weighted by atomic mass is 10.2. The van der Waals surface area contributed by atoms with Crippen LogP contribution in [0.2, 0.25) is 0 Å². The molecule has 0 bridgehead atoms. The van der Waals surface area contributed by atoms with Crippen molar-refractivity contribution in [2.45, 2.75) is 39.9 Å². The zero-order chi connectivity index (χ0) is 15.4. The van der Waals surface area contributed by atoms with Crippen LogP contribution in [-0.4, -0.2) is 9.78 Å². The van der Waals surface area contributed by atoms with Crippen LogP contribution in [0.5, 0.6) is 0 Å². The topological polar surface area (TPSA) is 29.9 Å². The summed E-state index contributed by atoms with van der Waals surface area (Å²) < 4.78 is 29.0. The van der Waals surface area contributed by atoms with Crippen molar-refractivity contribution in [1.29, 1.82) is 0 Å². The number of hydrogen-bond donors (Lipinski definition) is 1. The van der Waals surface area contributed by atoms with Gasteiger partial charge in [-0.3, -0.25) is 4.68 Å². The van der Waals surface area contributed by atoms with Crippen molar-refractivity contribution in [2.75, 3.05) is 0 Å². The van der Waals surface area contributed by atoms with Crippen LogP contribution in [0, 0.1) is 11.6 Å². The minimum Gasteiger partial charge on any atom is -0.307 e. The van der Waals surface area contributed by atoms with E-state index in [0.717, 1.165) is 34.9 Å². The molecule has 2 aromatic rings. The van der Waals surface area contributed by atoms with Gasteiger partial charge in [0, 0.05) is 19.6 Å². The second-order valence-electron chi connectivity index (χ2n) is 4.73. The molecule has 0 aliphatic rings. The van der Waals surface area contributed by atoms with Gasteiger partial charge in [0.05, 0.1) is 15.9 Å². The average molecular weight is 358 g/mol. The second-order valence-corrected chi connectivity index (χ2v) is 5.52. The number of aryl methyl sites for hydroxylation is 2. The van der Waals surface area contributed by atoms with Crippen LogP contribution >= 0.6 is 15.9 Å². The van der Waals surface area contributed by atoms with E-state index < -0.39 is 11.6 Å². The third kappa shape index (κ3) is 3.68. The molecule has 0 aliphatic heterocycles. The van der Waals surface area contributed by atoms with Gasteiger partial charge >= 0.3 is 0 Å². The summed E-state index contributed by atoms with van der Waals surface area (Å²) in [6.45, 7) is 5.98. The van der Waals surface area contributed by atoms with Crippen molar-refractivity contribution in [2.24, 2.45) is 0 Å². The summed E-state index contributed by atoms with van der Waals surface area (Å²) in [5.41, 5.74) is 2.81. The largest absolute Gasteiger partial charge is 0.307 e. The Labute approximate surface area is 131 Å². The molecule has 114 valence electrons. The Morgan fingerprint density at radius 1 is 1.19 bits per heavy atom. The van der Waals surface area contributed by atoms with E-state index >= 15 is 0 Å². The molecule has 1 aromatic carbocycles. The second kappa shape index (κ2) is 7.13. The molecule has 0 saturated carbocycles. The standard InChI is InChI=1S/C15H18BrF2N3/c1-3-13-15(16)14(21(4-2)20-13)9-19-8-10-5-6-11(17)12(18)7-10/h5-7,19H,3-4,8-9H2,1-2H3. The molecule has 3 nitrogen and oxygen atoms in total. The highest BCUT2D eigenvalue weighted by Crippen LogP contribution is 2.22. The van der Waals surface area contributed by atoms with Crippen molar-refractivity contribution in [3.8, 4) is 0 Å². The van der Waals surface area contributed by atoms with Crippen LogP contribution in [0.1, 0.15) is 30.8 Å². The molecule has 0 spiro atoms. The van der Waals surface area contributed by atoms with Crippen LogP contribution < -0.4 is 5.32 Å². The van der Waals surface area contributed by atoms with Crippen molar-refractivity contribution in [1.82, 2.24) is 15.1 Å². The van der Waals surface area contributed by atoms with Gasteiger partial charge in [-0.1, -0.05) is 13.0 Å². The van der Waals surface area contributed by atoms with E-state index in [4.69, 9.17) is 0 Å². The molecule has 1 N–H and O–H groups in total.